The molecular weight excluding hydrogens is 278 g/mol. The molecule has 2 fully saturated rings. The fourth-order valence-electron chi connectivity index (χ4n) is 2.67. The quantitative estimate of drug-likeness (QED) is 0.826. The maximum Gasteiger partial charge on any atom is 0.217 e. The van der Waals surface area contributed by atoms with Crippen molar-refractivity contribution in [3.05, 3.63) is 17.0 Å². The molecule has 0 aromatic carbocycles. The highest BCUT2D eigenvalue weighted by Crippen LogP contribution is 2.31. The Hall–Kier alpha value is -0.920. The van der Waals surface area contributed by atoms with Crippen LogP contribution in [-0.2, 0) is 16.6 Å². The van der Waals surface area contributed by atoms with Gasteiger partial charge in [-0.1, -0.05) is 5.16 Å². The minimum absolute atomic E-state index is 0.100. The van der Waals surface area contributed by atoms with Gasteiger partial charge in [-0.15, -0.1) is 0 Å². The molecule has 0 spiro atoms. The molecule has 1 aromatic rings. The molecule has 3 rings (SSSR count). The normalized spacial score (nSPS) is 22.3. The first kappa shape index (κ1) is 14.0. The van der Waals surface area contributed by atoms with E-state index in [4.69, 9.17) is 4.52 Å². The van der Waals surface area contributed by atoms with E-state index in [1.807, 2.05) is 13.8 Å². The fourth-order valence-corrected chi connectivity index (χ4v) is 4.50. The molecule has 0 amide bonds. The van der Waals surface area contributed by atoms with E-state index in [1.54, 1.807) is 4.31 Å². The molecule has 6 nitrogen and oxygen atoms in total. The summed E-state index contributed by atoms with van der Waals surface area (Å²) in [6.45, 7) is 7.40. The van der Waals surface area contributed by atoms with Crippen molar-refractivity contribution >= 4 is 10.0 Å². The zero-order valence-corrected chi connectivity index (χ0v) is 12.8. The van der Waals surface area contributed by atoms with Crippen LogP contribution in [0.1, 0.15) is 29.9 Å². The van der Waals surface area contributed by atoms with Gasteiger partial charge >= 0.3 is 0 Å². The van der Waals surface area contributed by atoms with E-state index >= 15 is 0 Å². The Morgan fingerprint density at radius 2 is 1.85 bits per heavy atom. The first-order valence-corrected chi connectivity index (χ1v) is 8.62. The maximum atomic E-state index is 12.2. The van der Waals surface area contributed by atoms with Crippen molar-refractivity contribution in [1.29, 1.82) is 0 Å². The smallest absolute Gasteiger partial charge is 0.217 e. The van der Waals surface area contributed by atoms with E-state index in [0.717, 1.165) is 49.5 Å². The number of aromatic nitrogens is 1. The molecule has 112 valence electrons. The molecule has 0 unspecified atom stereocenters. The lowest BCUT2D eigenvalue weighted by atomic mass is 10.2. The topological polar surface area (TPSA) is 66.7 Å². The van der Waals surface area contributed by atoms with Gasteiger partial charge in [0.1, 0.15) is 5.76 Å². The summed E-state index contributed by atoms with van der Waals surface area (Å²) in [6, 6.07) is 0. The third-order valence-electron chi connectivity index (χ3n) is 4.20. The van der Waals surface area contributed by atoms with Crippen LogP contribution in [0.5, 0.6) is 0 Å². The Kier molecular flexibility index (Phi) is 3.60. The Morgan fingerprint density at radius 1 is 1.20 bits per heavy atom. The van der Waals surface area contributed by atoms with Crippen LogP contribution in [-0.4, -0.2) is 54.2 Å². The van der Waals surface area contributed by atoms with Gasteiger partial charge in [0.25, 0.3) is 0 Å². The van der Waals surface area contributed by atoms with Gasteiger partial charge < -0.3 is 4.52 Å². The monoisotopic (exact) mass is 299 g/mol. The van der Waals surface area contributed by atoms with Gasteiger partial charge in [0, 0.05) is 38.3 Å². The van der Waals surface area contributed by atoms with Gasteiger partial charge in [-0.2, -0.15) is 4.31 Å². The number of hydrogen-bond acceptors (Lipinski definition) is 5. The minimum Gasteiger partial charge on any atom is -0.361 e. The van der Waals surface area contributed by atoms with Crippen LogP contribution in [0.25, 0.3) is 0 Å². The van der Waals surface area contributed by atoms with Crippen LogP contribution in [0, 0.1) is 13.8 Å². The number of aryl methyl sites for hydroxylation is 2. The second-order valence-electron chi connectivity index (χ2n) is 5.72. The van der Waals surface area contributed by atoms with E-state index in [0.29, 0.717) is 13.1 Å². The number of rotatable bonds is 4. The summed E-state index contributed by atoms with van der Waals surface area (Å²) in [6.07, 6.45) is 1.67. The number of sulfonamides is 1. The van der Waals surface area contributed by atoms with Crippen LogP contribution >= 0.6 is 0 Å². The molecule has 1 aromatic heterocycles. The van der Waals surface area contributed by atoms with E-state index in [2.05, 4.69) is 10.1 Å². The molecule has 2 heterocycles. The van der Waals surface area contributed by atoms with Crippen LogP contribution in [0.15, 0.2) is 4.52 Å². The van der Waals surface area contributed by atoms with Crippen molar-refractivity contribution in [2.24, 2.45) is 0 Å². The van der Waals surface area contributed by atoms with E-state index in [1.165, 1.54) is 0 Å². The number of nitrogens with zero attached hydrogens (tertiary/aromatic N) is 3. The highest BCUT2D eigenvalue weighted by atomic mass is 32.2. The van der Waals surface area contributed by atoms with Crippen molar-refractivity contribution < 1.29 is 12.9 Å². The summed E-state index contributed by atoms with van der Waals surface area (Å²) in [5.74, 6) is 0.857. The minimum atomic E-state index is -3.01. The summed E-state index contributed by atoms with van der Waals surface area (Å²) >= 11 is 0. The molecule has 0 bridgehead atoms. The first-order chi connectivity index (χ1) is 9.48. The summed E-state index contributed by atoms with van der Waals surface area (Å²) in [5.41, 5.74) is 2.05. The Bertz CT molecular complexity index is 565. The van der Waals surface area contributed by atoms with Gasteiger partial charge in [0.2, 0.25) is 10.0 Å². The third kappa shape index (κ3) is 2.62. The molecule has 1 aliphatic heterocycles. The predicted octanol–water partition coefficient (Wildman–Crippen LogP) is 0.901. The molecule has 20 heavy (non-hydrogen) atoms. The Morgan fingerprint density at radius 3 is 2.35 bits per heavy atom. The lowest BCUT2D eigenvalue weighted by Gasteiger charge is -2.33. The van der Waals surface area contributed by atoms with Crippen LogP contribution in [0.4, 0.5) is 0 Å². The van der Waals surface area contributed by atoms with E-state index in [-0.39, 0.29) is 5.25 Å². The molecule has 0 N–H and O–H groups in total. The maximum absolute atomic E-state index is 12.2. The van der Waals surface area contributed by atoms with Crippen molar-refractivity contribution in [3.63, 3.8) is 0 Å². The summed E-state index contributed by atoms with van der Waals surface area (Å²) in [7, 11) is -3.01. The lowest BCUT2D eigenvalue weighted by Crippen LogP contribution is -2.49. The lowest BCUT2D eigenvalue weighted by molar-refractivity contribution is 0.180. The largest absolute Gasteiger partial charge is 0.361 e. The van der Waals surface area contributed by atoms with Crippen molar-refractivity contribution in [2.45, 2.75) is 38.5 Å². The van der Waals surface area contributed by atoms with Gasteiger partial charge in [-0.25, -0.2) is 8.42 Å². The SMILES string of the molecule is Cc1noc(C)c1CN1CCN(S(=O)(=O)C2CC2)CC1. The van der Waals surface area contributed by atoms with E-state index in [9.17, 15) is 8.42 Å². The van der Waals surface area contributed by atoms with Gasteiger partial charge in [0.15, 0.2) is 0 Å². The molecule has 1 aliphatic carbocycles. The second-order valence-corrected chi connectivity index (χ2v) is 7.94. The average Bonchev–Trinajstić information content (AvgIpc) is 3.23. The zero-order valence-electron chi connectivity index (χ0n) is 12.0. The van der Waals surface area contributed by atoms with Crippen LogP contribution in [0.3, 0.4) is 0 Å². The molecule has 2 aliphatic rings. The van der Waals surface area contributed by atoms with E-state index < -0.39 is 10.0 Å². The average molecular weight is 299 g/mol. The van der Waals surface area contributed by atoms with Gasteiger partial charge in [-0.3, -0.25) is 4.90 Å². The molecule has 0 atom stereocenters. The highest BCUT2D eigenvalue weighted by Gasteiger charge is 2.40. The number of piperazine rings is 1. The summed E-state index contributed by atoms with van der Waals surface area (Å²) < 4.78 is 31.2. The summed E-state index contributed by atoms with van der Waals surface area (Å²) in [4.78, 5) is 2.27. The molecule has 1 saturated carbocycles. The standard InChI is InChI=1S/C13H21N3O3S/c1-10-13(11(2)19-14-10)9-15-5-7-16(8-6-15)20(17,18)12-3-4-12/h12H,3-9H2,1-2H3. The second kappa shape index (κ2) is 5.13. The third-order valence-corrected chi connectivity index (χ3v) is 6.60. The molecular formula is C13H21N3O3S. The van der Waals surface area contributed by atoms with Crippen molar-refractivity contribution in [1.82, 2.24) is 14.4 Å². The predicted molar refractivity (Wildman–Crippen MR) is 74.8 cm³/mol. The Labute approximate surface area is 119 Å². The zero-order chi connectivity index (χ0) is 14.3. The van der Waals surface area contributed by atoms with Crippen molar-refractivity contribution in [2.75, 3.05) is 26.2 Å². The Balaban J connectivity index is 1.59. The molecule has 0 radical (unpaired) electrons. The first-order valence-electron chi connectivity index (χ1n) is 7.11. The van der Waals surface area contributed by atoms with Gasteiger partial charge in [-0.05, 0) is 26.7 Å². The molecule has 7 heteroatoms. The van der Waals surface area contributed by atoms with Crippen LogP contribution in [0.2, 0.25) is 0 Å². The molecule has 1 saturated heterocycles. The van der Waals surface area contributed by atoms with Gasteiger partial charge in [0.05, 0.1) is 10.9 Å². The van der Waals surface area contributed by atoms with Crippen LogP contribution < -0.4 is 0 Å². The van der Waals surface area contributed by atoms with Crippen molar-refractivity contribution in [3.8, 4) is 0 Å². The fraction of sp³-hybridized carbons (Fsp3) is 0.769. The number of hydrogen-bond donors (Lipinski definition) is 0. The highest BCUT2D eigenvalue weighted by molar-refractivity contribution is 7.90. The summed E-state index contributed by atoms with van der Waals surface area (Å²) in [5, 5.41) is 3.86.